The number of aliphatic carboxylic acids is 1. The number of hydrogen-bond acceptors (Lipinski definition) is 4. The number of rotatable bonds is 3. The van der Waals surface area contributed by atoms with Crippen molar-refractivity contribution in [2.75, 3.05) is 5.75 Å². The smallest absolute Gasteiger partial charge is 0.327 e. The Labute approximate surface area is 117 Å². The first-order valence-electron chi connectivity index (χ1n) is 5.47. The summed E-state index contributed by atoms with van der Waals surface area (Å²) in [4.78, 5) is 24.8. The highest BCUT2D eigenvalue weighted by molar-refractivity contribution is 9.10. The molecule has 0 bridgehead atoms. The van der Waals surface area contributed by atoms with Gasteiger partial charge in [-0.2, -0.15) is 0 Å². The summed E-state index contributed by atoms with van der Waals surface area (Å²) in [5, 5.41) is 9.04. The van der Waals surface area contributed by atoms with E-state index in [1.54, 1.807) is 12.1 Å². The van der Waals surface area contributed by atoms with Gasteiger partial charge in [0.1, 0.15) is 6.04 Å². The molecule has 2 unspecified atom stereocenters. The zero-order valence-corrected chi connectivity index (χ0v) is 12.0. The second-order valence-corrected chi connectivity index (χ2v) is 5.86. The summed E-state index contributed by atoms with van der Waals surface area (Å²) in [6, 6.07) is 2.38. The minimum atomic E-state index is -0.975. The van der Waals surface area contributed by atoms with Crippen LogP contribution in [0.2, 0.25) is 0 Å². The maximum atomic E-state index is 12.3. The summed E-state index contributed by atoms with van der Waals surface area (Å²) in [6.45, 7) is 1.93. The first-order chi connectivity index (χ1) is 8.54. The highest BCUT2D eigenvalue weighted by atomic mass is 79.9. The van der Waals surface area contributed by atoms with Crippen LogP contribution in [0.5, 0.6) is 0 Å². The van der Waals surface area contributed by atoms with Gasteiger partial charge >= 0.3 is 5.97 Å². The molecule has 5 nitrogen and oxygen atoms in total. The van der Waals surface area contributed by atoms with Crippen molar-refractivity contribution in [2.45, 2.75) is 24.8 Å². The van der Waals surface area contributed by atoms with Crippen LogP contribution in [-0.2, 0) is 4.79 Å². The first-order valence-corrected chi connectivity index (χ1v) is 7.31. The molecule has 0 radical (unpaired) electrons. The van der Waals surface area contributed by atoms with Gasteiger partial charge < -0.3 is 14.4 Å². The van der Waals surface area contributed by atoms with E-state index >= 15 is 0 Å². The summed E-state index contributed by atoms with van der Waals surface area (Å²) in [7, 11) is 0. The molecule has 1 aliphatic heterocycles. The monoisotopic (exact) mass is 333 g/mol. The molecule has 1 amide bonds. The van der Waals surface area contributed by atoms with Crippen molar-refractivity contribution in [1.82, 2.24) is 4.90 Å². The van der Waals surface area contributed by atoms with E-state index in [1.165, 1.54) is 16.7 Å². The quantitative estimate of drug-likeness (QED) is 0.919. The molecule has 0 spiro atoms. The Morgan fingerprint density at radius 1 is 1.61 bits per heavy atom. The van der Waals surface area contributed by atoms with Gasteiger partial charge in [0.15, 0.2) is 10.4 Å². The van der Waals surface area contributed by atoms with Crippen molar-refractivity contribution < 1.29 is 19.1 Å². The summed E-state index contributed by atoms with van der Waals surface area (Å²) in [5.41, 5.74) is 0. The highest BCUT2D eigenvalue weighted by Gasteiger charge is 2.41. The van der Waals surface area contributed by atoms with Crippen LogP contribution in [0.25, 0.3) is 0 Å². The standard InChI is InChI=1S/C11H12BrNO4S/c1-2-9-13(6(5-18-9)11(15)16)10(14)7-3-4-8(12)17-7/h3-4,6,9H,2,5H2,1H3,(H,15,16). The molecule has 1 aromatic heterocycles. The van der Waals surface area contributed by atoms with Gasteiger partial charge in [-0.25, -0.2) is 4.79 Å². The molecular weight excluding hydrogens is 322 g/mol. The van der Waals surface area contributed by atoms with Crippen LogP contribution in [0.3, 0.4) is 0 Å². The number of nitrogens with zero attached hydrogens (tertiary/aromatic N) is 1. The van der Waals surface area contributed by atoms with Crippen molar-refractivity contribution in [1.29, 1.82) is 0 Å². The van der Waals surface area contributed by atoms with E-state index in [2.05, 4.69) is 15.9 Å². The van der Waals surface area contributed by atoms with Crippen molar-refractivity contribution >= 4 is 39.6 Å². The van der Waals surface area contributed by atoms with Gasteiger partial charge in [0.2, 0.25) is 0 Å². The molecule has 0 aliphatic carbocycles. The van der Waals surface area contributed by atoms with E-state index in [0.717, 1.165) is 0 Å². The van der Waals surface area contributed by atoms with Crippen LogP contribution in [0.4, 0.5) is 0 Å². The third-order valence-corrected chi connectivity index (χ3v) is 4.62. The predicted molar refractivity (Wildman–Crippen MR) is 70.5 cm³/mol. The third kappa shape index (κ3) is 2.42. The summed E-state index contributed by atoms with van der Waals surface area (Å²) in [5.74, 6) is -0.766. The molecule has 0 saturated carbocycles. The molecule has 2 heterocycles. The Hall–Kier alpha value is -0.950. The Balaban J connectivity index is 2.27. The van der Waals surface area contributed by atoms with E-state index in [4.69, 9.17) is 9.52 Å². The molecule has 7 heteroatoms. The number of hydrogen-bond donors (Lipinski definition) is 1. The Morgan fingerprint density at radius 2 is 2.33 bits per heavy atom. The SMILES string of the molecule is CCC1SCC(C(=O)O)N1C(=O)c1ccc(Br)o1. The van der Waals surface area contributed by atoms with Crippen molar-refractivity contribution in [3.05, 3.63) is 22.6 Å². The fourth-order valence-electron chi connectivity index (χ4n) is 1.90. The average molecular weight is 334 g/mol. The maximum Gasteiger partial charge on any atom is 0.327 e. The number of carboxylic acid groups (broad SMARTS) is 1. The molecule has 1 saturated heterocycles. The Kier molecular flexibility index (Phi) is 4.01. The molecule has 1 fully saturated rings. The number of halogens is 1. The summed E-state index contributed by atoms with van der Waals surface area (Å²) < 4.78 is 5.66. The number of carbonyl (C=O) groups is 2. The fraction of sp³-hybridized carbons (Fsp3) is 0.455. The van der Waals surface area contributed by atoms with Crippen LogP contribution >= 0.6 is 27.7 Å². The number of thioether (sulfide) groups is 1. The van der Waals surface area contributed by atoms with Crippen LogP contribution in [0, 0.1) is 0 Å². The predicted octanol–water partition coefficient (Wildman–Crippen LogP) is 2.42. The van der Waals surface area contributed by atoms with Crippen molar-refractivity contribution in [3.8, 4) is 0 Å². The summed E-state index contributed by atoms with van der Waals surface area (Å²) in [6.07, 6.45) is 0.710. The van der Waals surface area contributed by atoms with E-state index < -0.39 is 12.0 Å². The van der Waals surface area contributed by atoms with Crippen LogP contribution in [0.1, 0.15) is 23.9 Å². The Bertz CT molecular complexity index is 475. The topological polar surface area (TPSA) is 70.8 Å². The van der Waals surface area contributed by atoms with E-state index in [9.17, 15) is 9.59 Å². The third-order valence-electron chi connectivity index (χ3n) is 2.75. The lowest BCUT2D eigenvalue weighted by molar-refractivity contribution is -0.141. The lowest BCUT2D eigenvalue weighted by Gasteiger charge is -2.25. The molecule has 1 aliphatic rings. The van der Waals surface area contributed by atoms with Gasteiger partial charge in [-0.05, 0) is 34.5 Å². The molecule has 98 valence electrons. The number of furan rings is 1. The lowest BCUT2D eigenvalue weighted by atomic mass is 10.2. The van der Waals surface area contributed by atoms with Crippen LogP contribution < -0.4 is 0 Å². The molecule has 1 aromatic rings. The number of carbonyl (C=O) groups excluding carboxylic acids is 1. The second kappa shape index (κ2) is 5.36. The van der Waals surface area contributed by atoms with Gasteiger partial charge in [0, 0.05) is 5.75 Å². The molecule has 1 N–H and O–H groups in total. The van der Waals surface area contributed by atoms with E-state index in [0.29, 0.717) is 16.8 Å². The number of carboxylic acids is 1. The van der Waals surface area contributed by atoms with E-state index in [-0.39, 0.29) is 17.0 Å². The van der Waals surface area contributed by atoms with Crippen LogP contribution in [-0.4, -0.2) is 39.1 Å². The molecule has 2 atom stereocenters. The van der Waals surface area contributed by atoms with Gasteiger partial charge in [-0.3, -0.25) is 4.79 Å². The minimum absolute atomic E-state index is 0.109. The minimum Gasteiger partial charge on any atom is -0.480 e. The van der Waals surface area contributed by atoms with Gasteiger partial charge in [0.25, 0.3) is 5.91 Å². The van der Waals surface area contributed by atoms with Gasteiger partial charge in [0.05, 0.1) is 5.37 Å². The van der Waals surface area contributed by atoms with Crippen LogP contribution in [0.15, 0.2) is 21.2 Å². The summed E-state index contributed by atoms with van der Waals surface area (Å²) >= 11 is 4.61. The largest absolute Gasteiger partial charge is 0.480 e. The molecule has 0 aromatic carbocycles. The molecule has 2 rings (SSSR count). The Morgan fingerprint density at radius 3 is 2.83 bits per heavy atom. The fourth-order valence-corrected chi connectivity index (χ4v) is 3.55. The molecule has 18 heavy (non-hydrogen) atoms. The van der Waals surface area contributed by atoms with Crippen molar-refractivity contribution in [3.63, 3.8) is 0 Å². The second-order valence-electron chi connectivity index (χ2n) is 3.87. The lowest BCUT2D eigenvalue weighted by Crippen LogP contribution is -2.45. The van der Waals surface area contributed by atoms with Gasteiger partial charge in [-0.15, -0.1) is 11.8 Å². The highest BCUT2D eigenvalue weighted by Crippen LogP contribution is 2.33. The van der Waals surface area contributed by atoms with Crippen molar-refractivity contribution in [2.24, 2.45) is 0 Å². The van der Waals surface area contributed by atoms with Gasteiger partial charge in [-0.1, -0.05) is 6.92 Å². The zero-order chi connectivity index (χ0) is 13.3. The van der Waals surface area contributed by atoms with E-state index in [1.807, 2.05) is 6.92 Å². The maximum absolute atomic E-state index is 12.3. The number of amides is 1. The first kappa shape index (κ1) is 13.5. The zero-order valence-electron chi connectivity index (χ0n) is 9.63. The average Bonchev–Trinajstić information content (AvgIpc) is 2.93. The normalized spacial score (nSPS) is 23.3. The molecular formula is C11H12BrNO4S.